The van der Waals surface area contributed by atoms with E-state index in [9.17, 15) is 12.8 Å². The van der Waals surface area contributed by atoms with Crippen molar-refractivity contribution in [3.8, 4) is 0 Å². The number of nitrogens with zero attached hydrogens (tertiary/aromatic N) is 1. The number of rotatable bonds is 4. The minimum absolute atomic E-state index is 0.104. The maximum Gasteiger partial charge on any atom is 0.239 e. The predicted molar refractivity (Wildman–Crippen MR) is 94.5 cm³/mol. The van der Waals surface area contributed by atoms with E-state index in [1.165, 1.54) is 19.2 Å². The maximum absolute atomic E-state index is 13.9. The van der Waals surface area contributed by atoms with E-state index in [0.717, 1.165) is 15.4 Å². The van der Waals surface area contributed by atoms with Crippen LogP contribution >= 0.6 is 11.6 Å². The van der Waals surface area contributed by atoms with Gasteiger partial charge in [-0.3, -0.25) is 0 Å². The lowest BCUT2D eigenvalue weighted by molar-refractivity contribution is 0.460. The standard InChI is InChI=1S/C18H17ClFNO2S/c1-21(12-16-17(19)7-4-8-18(16)20)24(22,23)15-10-9-13-5-2-3-6-14(13)11-15/h2-8,11H,9-10,12H2,1H3. The van der Waals surface area contributed by atoms with Gasteiger partial charge in [0, 0.05) is 24.2 Å². The molecule has 0 heterocycles. The molecular weight excluding hydrogens is 349 g/mol. The minimum atomic E-state index is -3.67. The molecule has 0 radical (unpaired) electrons. The number of aryl methyl sites for hydroxylation is 1. The number of allylic oxidation sites excluding steroid dienone is 1. The molecule has 0 atom stereocenters. The molecule has 2 aromatic rings. The Morgan fingerprint density at radius 3 is 2.62 bits per heavy atom. The normalized spacial score (nSPS) is 14.4. The highest BCUT2D eigenvalue weighted by molar-refractivity contribution is 7.93. The van der Waals surface area contributed by atoms with Gasteiger partial charge >= 0.3 is 0 Å². The molecule has 0 N–H and O–H groups in total. The molecule has 0 saturated heterocycles. The molecule has 0 aromatic heterocycles. The Kier molecular flexibility index (Phi) is 4.76. The van der Waals surface area contributed by atoms with Crippen molar-refractivity contribution in [3.63, 3.8) is 0 Å². The smallest absolute Gasteiger partial charge is 0.207 e. The molecule has 0 spiro atoms. The fraction of sp³-hybridized carbons (Fsp3) is 0.222. The molecule has 0 saturated carbocycles. The van der Waals surface area contributed by atoms with Gasteiger partial charge in [-0.1, -0.05) is 41.9 Å². The van der Waals surface area contributed by atoms with Gasteiger partial charge in [0.2, 0.25) is 10.0 Å². The van der Waals surface area contributed by atoms with Crippen LogP contribution in [0.1, 0.15) is 23.1 Å². The van der Waals surface area contributed by atoms with E-state index in [-0.39, 0.29) is 17.1 Å². The third-order valence-electron chi connectivity index (χ3n) is 4.20. The van der Waals surface area contributed by atoms with Crippen molar-refractivity contribution in [2.45, 2.75) is 19.4 Å². The zero-order chi connectivity index (χ0) is 17.3. The van der Waals surface area contributed by atoms with Crippen molar-refractivity contribution in [3.05, 3.63) is 74.9 Å². The number of sulfonamides is 1. The number of benzene rings is 2. The van der Waals surface area contributed by atoms with Gasteiger partial charge in [-0.15, -0.1) is 0 Å². The predicted octanol–water partition coefficient (Wildman–Crippen LogP) is 4.23. The highest BCUT2D eigenvalue weighted by atomic mass is 35.5. The Labute approximate surface area is 146 Å². The van der Waals surface area contributed by atoms with E-state index in [1.54, 1.807) is 12.1 Å². The summed E-state index contributed by atoms with van der Waals surface area (Å²) in [6.07, 6.45) is 2.82. The highest BCUT2D eigenvalue weighted by Gasteiger charge is 2.27. The van der Waals surface area contributed by atoms with Gasteiger partial charge in [0.25, 0.3) is 0 Å². The summed E-state index contributed by atoms with van der Waals surface area (Å²) in [5, 5.41) is 0.222. The first-order valence-corrected chi connectivity index (χ1v) is 9.39. The van der Waals surface area contributed by atoms with Crippen LogP contribution in [-0.4, -0.2) is 19.8 Å². The zero-order valence-corrected chi connectivity index (χ0v) is 14.7. The van der Waals surface area contributed by atoms with Crippen LogP contribution in [0.3, 0.4) is 0 Å². The van der Waals surface area contributed by atoms with Gasteiger partial charge in [-0.2, -0.15) is 4.31 Å². The lowest BCUT2D eigenvalue weighted by Gasteiger charge is -2.23. The summed E-state index contributed by atoms with van der Waals surface area (Å²) < 4.78 is 40.7. The van der Waals surface area contributed by atoms with Crippen molar-refractivity contribution >= 4 is 27.7 Å². The monoisotopic (exact) mass is 365 g/mol. The van der Waals surface area contributed by atoms with E-state index >= 15 is 0 Å². The summed E-state index contributed by atoms with van der Waals surface area (Å²) in [4.78, 5) is 0.344. The summed E-state index contributed by atoms with van der Waals surface area (Å²) in [6.45, 7) is -0.104. The summed E-state index contributed by atoms with van der Waals surface area (Å²) >= 11 is 6.00. The average Bonchev–Trinajstić information content (AvgIpc) is 2.57. The summed E-state index contributed by atoms with van der Waals surface area (Å²) in [5.41, 5.74) is 2.23. The zero-order valence-electron chi connectivity index (χ0n) is 13.2. The molecule has 24 heavy (non-hydrogen) atoms. The van der Waals surface area contributed by atoms with Gasteiger partial charge in [0.1, 0.15) is 5.82 Å². The second-order valence-corrected chi connectivity index (χ2v) is 8.28. The van der Waals surface area contributed by atoms with Crippen LogP contribution in [0, 0.1) is 5.82 Å². The van der Waals surface area contributed by atoms with Gasteiger partial charge in [-0.25, -0.2) is 12.8 Å². The molecule has 1 aliphatic rings. The first-order chi connectivity index (χ1) is 11.4. The van der Waals surface area contributed by atoms with Crippen LogP contribution in [0.25, 0.3) is 6.08 Å². The van der Waals surface area contributed by atoms with Gasteiger partial charge in [0.15, 0.2) is 0 Å². The molecular formula is C18H17ClFNO2S. The summed E-state index contributed by atoms with van der Waals surface area (Å²) in [5.74, 6) is -0.507. The first-order valence-electron chi connectivity index (χ1n) is 7.57. The quantitative estimate of drug-likeness (QED) is 0.813. The maximum atomic E-state index is 13.9. The lowest BCUT2D eigenvalue weighted by Crippen LogP contribution is -2.29. The third-order valence-corrected chi connectivity index (χ3v) is 6.48. The molecule has 0 amide bonds. The topological polar surface area (TPSA) is 37.4 Å². The molecule has 0 unspecified atom stereocenters. The van der Waals surface area contributed by atoms with E-state index in [1.807, 2.05) is 24.3 Å². The minimum Gasteiger partial charge on any atom is -0.207 e. The molecule has 0 fully saturated rings. The van der Waals surface area contributed by atoms with E-state index in [4.69, 9.17) is 11.6 Å². The van der Waals surface area contributed by atoms with Crippen LogP contribution < -0.4 is 0 Å². The van der Waals surface area contributed by atoms with Crippen LogP contribution in [0.15, 0.2) is 47.4 Å². The lowest BCUT2D eigenvalue weighted by atomic mass is 9.98. The molecule has 0 bridgehead atoms. The molecule has 2 aromatic carbocycles. The Balaban J connectivity index is 1.90. The van der Waals surface area contributed by atoms with Gasteiger partial charge < -0.3 is 0 Å². The first kappa shape index (κ1) is 17.1. The second-order valence-electron chi connectivity index (χ2n) is 5.77. The number of fused-ring (bicyclic) bond motifs is 1. The second kappa shape index (κ2) is 6.67. The highest BCUT2D eigenvalue weighted by Crippen LogP contribution is 2.30. The fourth-order valence-corrected chi connectivity index (χ4v) is 4.36. The van der Waals surface area contributed by atoms with Crippen LogP contribution in [-0.2, 0) is 23.0 Å². The van der Waals surface area contributed by atoms with Crippen molar-refractivity contribution < 1.29 is 12.8 Å². The Morgan fingerprint density at radius 2 is 1.88 bits per heavy atom. The van der Waals surface area contributed by atoms with Crippen molar-refractivity contribution in [1.82, 2.24) is 4.31 Å². The summed E-state index contributed by atoms with van der Waals surface area (Å²) in [6, 6.07) is 12.0. The SMILES string of the molecule is CN(Cc1c(F)cccc1Cl)S(=O)(=O)C1=Cc2ccccc2CC1. The number of hydrogen-bond acceptors (Lipinski definition) is 2. The summed E-state index contributed by atoms with van der Waals surface area (Å²) in [7, 11) is -2.22. The average molecular weight is 366 g/mol. The van der Waals surface area contributed by atoms with Crippen molar-refractivity contribution in [2.24, 2.45) is 0 Å². The number of halogens is 2. The van der Waals surface area contributed by atoms with Crippen molar-refractivity contribution in [1.29, 1.82) is 0 Å². The molecule has 0 aliphatic heterocycles. The van der Waals surface area contributed by atoms with Crippen LogP contribution in [0.4, 0.5) is 4.39 Å². The molecule has 3 rings (SSSR count). The largest absolute Gasteiger partial charge is 0.239 e. The molecule has 126 valence electrons. The van der Waals surface area contributed by atoms with Gasteiger partial charge in [-0.05, 0) is 42.2 Å². The van der Waals surface area contributed by atoms with Crippen LogP contribution in [0.2, 0.25) is 5.02 Å². The Hall–Kier alpha value is -1.69. The van der Waals surface area contributed by atoms with E-state index in [2.05, 4.69) is 0 Å². The molecule has 6 heteroatoms. The number of hydrogen-bond donors (Lipinski definition) is 0. The molecule has 3 nitrogen and oxygen atoms in total. The fourth-order valence-electron chi connectivity index (χ4n) is 2.80. The third kappa shape index (κ3) is 3.24. The Bertz CT molecular complexity index is 889. The van der Waals surface area contributed by atoms with E-state index in [0.29, 0.717) is 17.7 Å². The van der Waals surface area contributed by atoms with Crippen molar-refractivity contribution in [2.75, 3.05) is 7.05 Å². The van der Waals surface area contributed by atoms with E-state index < -0.39 is 15.8 Å². The van der Waals surface area contributed by atoms with Gasteiger partial charge in [0.05, 0.1) is 4.91 Å². The Morgan fingerprint density at radius 1 is 1.12 bits per heavy atom. The van der Waals surface area contributed by atoms with Crippen LogP contribution in [0.5, 0.6) is 0 Å². The molecule has 1 aliphatic carbocycles.